The molecule has 2 nitrogen and oxygen atoms in total. The quantitative estimate of drug-likeness (QED) is 0.354. The molecule has 0 saturated heterocycles. The molecule has 0 heterocycles. The average Bonchev–Trinajstić information content (AvgIpc) is 2.37. The normalized spacial score (nSPS) is 13.9. The number of nitrogens with zero attached hydrogens (tertiary/aromatic N) is 2. The highest BCUT2D eigenvalue weighted by Crippen LogP contribution is 2.10. The molecule has 0 N–H and O–H groups in total. The fraction of sp³-hybridized carbons (Fsp3) is 1.00. The summed E-state index contributed by atoms with van der Waals surface area (Å²) >= 11 is 0. The van der Waals surface area contributed by atoms with Crippen molar-refractivity contribution in [1.82, 2.24) is 4.90 Å². The van der Waals surface area contributed by atoms with Crippen molar-refractivity contribution in [2.24, 2.45) is 0 Å². The van der Waals surface area contributed by atoms with Crippen LogP contribution in [-0.2, 0) is 0 Å². The minimum absolute atomic E-state index is 0.748. The number of unbranched alkanes of at least 4 members (excludes halogenated alkanes) is 6. The monoisotopic (exact) mass is 285 g/mol. The van der Waals surface area contributed by atoms with Gasteiger partial charge in [0.05, 0.1) is 27.7 Å². The smallest absolute Gasteiger partial charge is 0.0780 e. The van der Waals surface area contributed by atoms with Crippen LogP contribution in [0.25, 0.3) is 0 Å². The first-order valence-corrected chi connectivity index (χ1v) is 8.87. The van der Waals surface area contributed by atoms with E-state index in [0.29, 0.717) is 0 Å². The molecule has 0 fully saturated rings. The second kappa shape index (κ2) is 11.6. The van der Waals surface area contributed by atoms with Gasteiger partial charge in [-0.05, 0) is 46.2 Å². The molecule has 1 atom stereocenters. The Morgan fingerprint density at radius 1 is 0.850 bits per heavy atom. The highest BCUT2D eigenvalue weighted by Gasteiger charge is 2.10. The SMILES string of the molecule is CCCCCCCCN(C)C(C)CCCC[N+](C)(C)C. The molecule has 0 spiro atoms. The summed E-state index contributed by atoms with van der Waals surface area (Å²) in [5.74, 6) is 0. The van der Waals surface area contributed by atoms with Crippen LogP contribution in [-0.4, -0.2) is 56.7 Å². The van der Waals surface area contributed by atoms with Crippen LogP contribution >= 0.6 is 0 Å². The molecule has 0 saturated carbocycles. The van der Waals surface area contributed by atoms with Gasteiger partial charge in [-0.25, -0.2) is 0 Å². The number of rotatable bonds is 13. The Morgan fingerprint density at radius 3 is 2.05 bits per heavy atom. The maximum atomic E-state index is 2.56. The fourth-order valence-electron chi connectivity index (χ4n) is 2.61. The molecule has 0 aliphatic carbocycles. The van der Waals surface area contributed by atoms with Gasteiger partial charge >= 0.3 is 0 Å². The molecule has 2 heteroatoms. The largest absolute Gasteiger partial charge is 0.331 e. The van der Waals surface area contributed by atoms with Gasteiger partial charge in [-0.3, -0.25) is 0 Å². The third kappa shape index (κ3) is 12.9. The first kappa shape index (κ1) is 19.9. The van der Waals surface area contributed by atoms with Gasteiger partial charge in [0.1, 0.15) is 0 Å². The lowest BCUT2D eigenvalue weighted by molar-refractivity contribution is -0.870. The molecule has 20 heavy (non-hydrogen) atoms. The van der Waals surface area contributed by atoms with Crippen LogP contribution in [0.1, 0.15) is 71.6 Å². The van der Waals surface area contributed by atoms with Crippen LogP contribution in [0.15, 0.2) is 0 Å². The summed E-state index contributed by atoms with van der Waals surface area (Å²) in [7, 11) is 9.16. The van der Waals surface area contributed by atoms with E-state index in [2.05, 4.69) is 46.9 Å². The Kier molecular flexibility index (Phi) is 11.5. The zero-order chi connectivity index (χ0) is 15.4. The highest BCUT2D eigenvalue weighted by molar-refractivity contribution is 4.63. The van der Waals surface area contributed by atoms with Crippen LogP contribution in [0.5, 0.6) is 0 Å². The van der Waals surface area contributed by atoms with Crippen molar-refractivity contribution in [3.8, 4) is 0 Å². The minimum Gasteiger partial charge on any atom is -0.331 e. The molecular formula is C18H41N2+. The van der Waals surface area contributed by atoms with Gasteiger partial charge in [0.25, 0.3) is 0 Å². The van der Waals surface area contributed by atoms with E-state index in [1.807, 2.05) is 0 Å². The maximum absolute atomic E-state index is 2.56. The van der Waals surface area contributed by atoms with E-state index in [4.69, 9.17) is 0 Å². The zero-order valence-corrected chi connectivity index (χ0v) is 15.2. The Bertz CT molecular complexity index is 208. The Labute approximate surface area is 129 Å². The molecule has 0 aromatic rings. The lowest BCUT2D eigenvalue weighted by Crippen LogP contribution is -2.35. The van der Waals surface area contributed by atoms with Crippen molar-refractivity contribution >= 4 is 0 Å². The van der Waals surface area contributed by atoms with Gasteiger partial charge in [-0.2, -0.15) is 0 Å². The van der Waals surface area contributed by atoms with Crippen LogP contribution in [0.2, 0.25) is 0 Å². The first-order chi connectivity index (χ1) is 9.37. The third-order valence-corrected chi connectivity index (χ3v) is 4.32. The average molecular weight is 286 g/mol. The molecule has 0 aromatic heterocycles. The molecule has 0 aliphatic rings. The number of quaternary nitrogens is 1. The van der Waals surface area contributed by atoms with Crippen molar-refractivity contribution in [3.05, 3.63) is 0 Å². The molecule has 0 aliphatic heterocycles. The summed E-state index contributed by atoms with van der Waals surface area (Å²) in [6, 6.07) is 0.748. The van der Waals surface area contributed by atoms with Crippen molar-refractivity contribution in [3.63, 3.8) is 0 Å². The third-order valence-electron chi connectivity index (χ3n) is 4.32. The van der Waals surface area contributed by atoms with Crippen molar-refractivity contribution < 1.29 is 4.48 Å². The molecular weight excluding hydrogens is 244 g/mol. The summed E-state index contributed by atoms with van der Waals surface area (Å²) in [5, 5.41) is 0. The van der Waals surface area contributed by atoms with Crippen LogP contribution < -0.4 is 0 Å². The Morgan fingerprint density at radius 2 is 1.45 bits per heavy atom. The molecule has 0 rings (SSSR count). The summed E-state index contributed by atoms with van der Waals surface area (Å²) < 4.78 is 1.10. The van der Waals surface area contributed by atoms with Gasteiger partial charge in [0.2, 0.25) is 0 Å². The minimum atomic E-state index is 0.748. The lowest BCUT2D eigenvalue weighted by Gasteiger charge is -2.26. The van der Waals surface area contributed by atoms with E-state index >= 15 is 0 Å². The Hall–Kier alpha value is -0.0800. The summed E-state index contributed by atoms with van der Waals surface area (Å²) in [6.45, 7) is 7.26. The lowest BCUT2D eigenvalue weighted by atomic mass is 10.1. The number of hydrogen-bond donors (Lipinski definition) is 0. The van der Waals surface area contributed by atoms with Gasteiger partial charge in [0, 0.05) is 6.04 Å². The van der Waals surface area contributed by atoms with Crippen LogP contribution in [0, 0.1) is 0 Å². The topological polar surface area (TPSA) is 3.24 Å². The van der Waals surface area contributed by atoms with Gasteiger partial charge in [-0.15, -0.1) is 0 Å². The highest BCUT2D eigenvalue weighted by atomic mass is 15.3. The second-order valence-corrected chi connectivity index (χ2v) is 7.61. The number of hydrogen-bond acceptors (Lipinski definition) is 1. The molecule has 0 amide bonds. The summed E-state index contributed by atoms with van der Waals surface area (Å²) in [5.41, 5.74) is 0. The molecule has 0 aromatic carbocycles. The molecule has 1 unspecified atom stereocenters. The van der Waals surface area contributed by atoms with E-state index in [-0.39, 0.29) is 0 Å². The van der Waals surface area contributed by atoms with Crippen molar-refractivity contribution in [2.45, 2.75) is 77.7 Å². The van der Waals surface area contributed by atoms with Crippen LogP contribution in [0.4, 0.5) is 0 Å². The van der Waals surface area contributed by atoms with E-state index < -0.39 is 0 Å². The first-order valence-electron chi connectivity index (χ1n) is 8.87. The van der Waals surface area contributed by atoms with E-state index in [1.165, 1.54) is 70.9 Å². The van der Waals surface area contributed by atoms with E-state index in [0.717, 1.165) is 10.5 Å². The van der Waals surface area contributed by atoms with Gasteiger partial charge in [-0.1, -0.05) is 39.0 Å². The summed E-state index contributed by atoms with van der Waals surface area (Å²) in [6.07, 6.45) is 12.5. The molecule has 0 bridgehead atoms. The zero-order valence-electron chi connectivity index (χ0n) is 15.2. The maximum Gasteiger partial charge on any atom is 0.0780 e. The van der Waals surface area contributed by atoms with Gasteiger partial charge < -0.3 is 9.38 Å². The van der Waals surface area contributed by atoms with E-state index in [1.54, 1.807) is 0 Å². The van der Waals surface area contributed by atoms with Crippen LogP contribution in [0.3, 0.4) is 0 Å². The summed E-state index contributed by atoms with van der Waals surface area (Å²) in [4.78, 5) is 2.56. The predicted octanol–water partition coefficient (Wildman–Crippen LogP) is 4.54. The second-order valence-electron chi connectivity index (χ2n) is 7.61. The molecule has 0 radical (unpaired) electrons. The van der Waals surface area contributed by atoms with Crippen molar-refractivity contribution in [1.29, 1.82) is 0 Å². The molecule has 122 valence electrons. The van der Waals surface area contributed by atoms with Crippen molar-refractivity contribution in [2.75, 3.05) is 41.3 Å². The van der Waals surface area contributed by atoms with E-state index in [9.17, 15) is 0 Å². The standard InChI is InChI=1S/C18H41N2/c1-7-8-9-10-11-13-16-19(3)18(2)15-12-14-17-20(4,5)6/h18H,7-17H2,1-6H3/q+1. The van der Waals surface area contributed by atoms with Gasteiger partial charge in [0.15, 0.2) is 0 Å². The Balaban J connectivity index is 3.49. The predicted molar refractivity (Wildman–Crippen MR) is 92.2 cm³/mol. The fourth-order valence-corrected chi connectivity index (χ4v) is 2.61.